The quantitative estimate of drug-likeness (QED) is 0.823. The zero-order valence-electron chi connectivity index (χ0n) is 17.0. The van der Waals surface area contributed by atoms with Crippen LogP contribution in [-0.2, 0) is 9.53 Å². The van der Waals surface area contributed by atoms with Crippen molar-refractivity contribution in [3.63, 3.8) is 0 Å². The summed E-state index contributed by atoms with van der Waals surface area (Å²) in [5, 5.41) is 12.6. The van der Waals surface area contributed by atoms with Crippen LogP contribution >= 0.6 is 0 Å². The molecule has 5 nitrogen and oxygen atoms in total. The number of hydrogen-bond donors (Lipinski definition) is 2. The van der Waals surface area contributed by atoms with E-state index in [2.05, 4.69) is 42.3 Å². The maximum Gasteiger partial charge on any atom is 0.225 e. The molecule has 2 saturated heterocycles. The molecule has 2 spiro atoms. The SMILES string of the molecule is Cc1ccc(C2CC3(CCN(C(=O)[C@H]4C[C@]5(COC(O)N5)C4)CC3)C2)c(C)c1. The second-order valence-corrected chi connectivity index (χ2v) is 9.98. The van der Waals surface area contributed by atoms with Crippen molar-refractivity contribution in [3.05, 3.63) is 34.9 Å². The first kappa shape index (κ1) is 18.6. The Hall–Kier alpha value is -1.43. The molecule has 152 valence electrons. The van der Waals surface area contributed by atoms with E-state index in [1.54, 1.807) is 0 Å². The van der Waals surface area contributed by atoms with Gasteiger partial charge in [0.2, 0.25) is 12.3 Å². The number of benzene rings is 1. The van der Waals surface area contributed by atoms with Crippen LogP contribution in [0.1, 0.15) is 61.1 Å². The highest BCUT2D eigenvalue weighted by Crippen LogP contribution is 2.57. The molecule has 1 amide bonds. The highest BCUT2D eigenvalue weighted by Gasteiger charge is 2.53. The van der Waals surface area contributed by atoms with Gasteiger partial charge in [-0.05, 0) is 74.8 Å². The molecule has 1 unspecified atom stereocenters. The third-order valence-electron chi connectivity index (χ3n) is 7.93. The van der Waals surface area contributed by atoms with Gasteiger partial charge in [0.15, 0.2) is 0 Å². The van der Waals surface area contributed by atoms with E-state index in [1.165, 1.54) is 29.5 Å². The molecule has 2 saturated carbocycles. The summed E-state index contributed by atoms with van der Waals surface area (Å²) in [6.07, 6.45) is 5.58. The maximum atomic E-state index is 12.9. The Bertz CT molecular complexity index is 770. The van der Waals surface area contributed by atoms with Crippen LogP contribution in [-0.4, -0.2) is 47.6 Å². The zero-order valence-corrected chi connectivity index (χ0v) is 17.0. The number of nitrogens with zero attached hydrogens (tertiary/aromatic N) is 1. The van der Waals surface area contributed by atoms with Crippen LogP contribution < -0.4 is 5.32 Å². The molecule has 1 atom stereocenters. The van der Waals surface area contributed by atoms with Crippen LogP contribution in [0.4, 0.5) is 0 Å². The van der Waals surface area contributed by atoms with Crippen molar-refractivity contribution in [3.8, 4) is 0 Å². The number of likely N-dealkylation sites (tertiary alicyclic amines) is 1. The average Bonchev–Trinajstić information content (AvgIpc) is 3.01. The van der Waals surface area contributed by atoms with Gasteiger partial charge in [-0.1, -0.05) is 23.8 Å². The number of hydrogen-bond acceptors (Lipinski definition) is 4. The summed E-state index contributed by atoms with van der Waals surface area (Å²) in [5.74, 6) is 1.11. The summed E-state index contributed by atoms with van der Waals surface area (Å²) >= 11 is 0. The topological polar surface area (TPSA) is 61.8 Å². The number of nitrogens with one attached hydrogen (secondary N) is 1. The molecule has 4 aliphatic rings. The zero-order chi connectivity index (χ0) is 19.5. The van der Waals surface area contributed by atoms with Crippen LogP contribution in [0.25, 0.3) is 0 Å². The van der Waals surface area contributed by atoms with Gasteiger partial charge in [-0.15, -0.1) is 0 Å². The number of rotatable bonds is 2. The molecular formula is C23H32N2O3. The smallest absolute Gasteiger partial charge is 0.225 e. The van der Waals surface area contributed by atoms with Crippen molar-refractivity contribution >= 4 is 5.91 Å². The van der Waals surface area contributed by atoms with Gasteiger partial charge in [-0.3, -0.25) is 10.1 Å². The minimum atomic E-state index is -0.866. The molecule has 1 aromatic carbocycles. The number of piperidine rings is 1. The van der Waals surface area contributed by atoms with Crippen LogP contribution in [0.15, 0.2) is 18.2 Å². The highest BCUT2D eigenvalue weighted by atomic mass is 16.6. The molecule has 0 bridgehead atoms. The number of carbonyl (C=O) groups excluding carboxylic acids is 1. The van der Waals surface area contributed by atoms with E-state index >= 15 is 0 Å². The van der Waals surface area contributed by atoms with Gasteiger partial charge < -0.3 is 14.7 Å². The molecule has 5 heteroatoms. The van der Waals surface area contributed by atoms with Gasteiger partial charge in [0, 0.05) is 24.5 Å². The van der Waals surface area contributed by atoms with E-state index in [4.69, 9.17) is 4.74 Å². The Balaban J connectivity index is 1.12. The molecule has 2 heterocycles. The van der Waals surface area contributed by atoms with Crippen molar-refractivity contribution < 1.29 is 14.6 Å². The van der Waals surface area contributed by atoms with Gasteiger partial charge in [0.25, 0.3) is 0 Å². The van der Waals surface area contributed by atoms with Crippen molar-refractivity contribution in [2.75, 3.05) is 19.7 Å². The normalized spacial score (nSPS) is 31.0. The third kappa shape index (κ3) is 3.08. The predicted molar refractivity (Wildman–Crippen MR) is 107 cm³/mol. The van der Waals surface area contributed by atoms with Crippen molar-refractivity contribution in [1.82, 2.24) is 10.2 Å². The van der Waals surface area contributed by atoms with E-state index in [9.17, 15) is 9.90 Å². The molecule has 2 aliphatic carbocycles. The lowest BCUT2D eigenvalue weighted by molar-refractivity contribution is -0.144. The predicted octanol–water partition coefficient (Wildman–Crippen LogP) is 2.83. The summed E-state index contributed by atoms with van der Waals surface area (Å²) in [6.45, 7) is 6.74. The summed E-state index contributed by atoms with van der Waals surface area (Å²) in [7, 11) is 0. The fraction of sp³-hybridized carbons (Fsp3) is 0.696. The number of carbonyl (C=O) groups is 1. The first-order valence-electron chi connectivity index (χ1n) is 10.8. The van der Waals surface area contributed by atoms with Crippen molar-refractivity contribution in [2.45, 2.75) is 70.2 Å². The van der Waals surface area contributed by atoms with Crippen molar-refractivity contribution in [1.29, 1.82) is 0 Å². The Morgan fingerprint density at radius 2 is 1.89 bits per heavy atom. The minimum absolute atomic E-state index is 0.0970. The minimum Gasteiger partial charge on any atom is -0.356 e. The van der Waals surface area contributed by atoms with Crippen molar-refractivity contribution in [2.24, 2.45) is 11.3 Å². The summed E-state index contributed by atoms with van der Waals surface area (Å²) < 4.78 is 5.21. The molecule has 0 radical (unpaired) electrons. The van der Waals surface area contributed by atoms with Gasteiger partial charge in [0.1, 0.15) is 0 Å². The third-order valence-corrected chi connectivity index (χ3v) is 7.93. The van der Waals surface area contributed by atoms with Gasteiger partial charge >= 0.3 is 0 Å². The molecule has 2 aliphatic heterocycles. The first-order chi connectivity index (χ1) is 13.4. The Labute approximate surface area is 167 Å². The number of amides is 1. The number of aryl methyl sites for hydroxylation is 2. The molecular weight excluding hydrogens is 352 g/mol. The van der Waals surface area contributed by atoms with E-state index < -0.39 is 6.41 Å². The largest absolute Gasteiger partial charge is 0.356 e. The number of ether oxygens (including phenoxy) is 1. The second kappa shape index (κ2) is 6.54. The van der Waals surface area contributed by atoms with Crippen LogP contribution in [0.3, 0.4) is 0 Å². The Morgan fingerprint density at radius 1 is 1.18 bits per heavy atom. The first-order valence-corrected chi connectivity index (χ1v) is 10.8. The highest BCUT2D eigenvalue weighted by molar-refractivity contribution is 5.80. The van der Waals surface area contributed by atoms with E-state index in [1.807, 2.05) is 0 Å². The molecule has 0 aromatic heterocycles. The molecule has 28 heavy (non-hydrogen) atoms. The lowest BCUT2D eigenvalue weighted by Crippen LogP contribution is -2.59. The fourth-order valence-corrected chi connectivity index (χ4v) is 6.23. The lowest BCUT2D eigenvalue weighted by Gasteiger charge is -2.54. The van der Waals surface area contributed by atoms with Crippen LogP contribution in [0, 0.1) is 25.2 Å². The molecule has 4 fully saturated rings. The Morgan fingerprint density at radius 3 is 2.50 bits per heavy atom. The standard InChI is InChI=1S/C23H32N2O3/c1-15-3-4-19(16(2)9-15)17-10-22(11-17)5-7-25(8-6-22)20(26)18-12-23(13-18)14-28-21(27)24-23/h3-4,9,17-18,21,24,27H,5-8,10-14H2,1-2H3/t18-,21?,23+. The summed E-state index contributed by atoms with van der Waals surface area (Å²) in [4.78, 5) is 15.0. The summed E-state index contributed by atoms with van der Waals surface area (Å²) in [5.41, 5.74) is 4.60. The number of aliphatic hydroxyl groups is 1. The van der Waals surface area contributed by atoms with E-state index in [-0.39, 0.29) is 11.5 Å². The van der Waals surface area contributed by atoms with Crippen LogP contribution in [0.5, 0.6) is 0 Å². The van der Waals surface area contributed by atoms with E-state index in [0.717, 1.165) is 38.8 Å². The number of aliphatic hydroxyl groups excluding tert-OH is 1. The van der Waals surface area contributed by atoms with Gasteiger partial charge in [-0.25, -0.2) is 0 Å². The maximum absolute atomic E-state index is 12.9. The molecule has 5 rings (SSSR count). The lowest BCUT2D eigenvalue weighted by atomic mass is 9.55. The molecule has 2 N–H and O–H groups in total. The summed E-state index contributed by atoms with van der Waals surface area (Å²) in [6, 6.07) is 6.87. The average molecular weight is 385 g/mol. The monoisotopic (exact) mass is 384 g/mol. The molecule has 1 aromatic rings. The second-order valence-electron chi connectivity index (χ2n) is 9.98. The van der Waals surface area contributed by atoms with Crippen LogP contribution in [0.2, 0.25) is 0 Å². The fourth-order valence-electron chi connectivity index (χ4n) is 6.23. The van der Waals surface area contributed by atoms with Gasteiger partial charge in [0.05, 0.1) is 6.61 Å². The van der Waals surface area contributed by atoms with E-state index in [0.29, 0.717) is 23.8 Å². The van der Waals surface area contributed by atoms with Gasteiger partial charge in [-0.2, -0.15) is 0 Å². The Kier molecular flexibility index (Phi) is 4.34.